The molecule has 98 valence electrons. The van der Waals surface area contributed by atoms with Gasteiger partial charge in [0.1, 0.15) is 6.61 Å². The summed E-state index contributed by atoms with van der Waals surface area (Å²) >= 11 is 0. The highest BCUT2D eigenvalue weighted by Gasteiger charge is 2.14. The zero-order chi connectivity index (χ0) is 13.8. The van der Waals surface area contributed by atoms with Crippen molar-refractivity contribution in [2.24, 2.45) is 0 Å². The van der Waals surface area contributed by atoms with Gasteiger partial charge in [-0.05, 0) is 6.42 Å². The van der Waals surface area contributed by atoms with Gasteiger partial charge < -0.3 is 19.5 Å². The number of carbonyl (C=O) groups excluding carboxylic acids is 2. The van der Waals surface area contributed by atoms with Crippen molar-refractivity contribution in [2.45, 2.75) is 19.4 Å². The van der Waals surface area contributed by atoms with Crippen molar-refractivity contribution >= 4 is 12.2 Å². The van der Waals surface area contributed by atoms with Crippen molar-refractivity contribution in [2.75, 3.05) is 19.8 Å². The van der Waals surface area contributed by atoms with Gasteiger partial charge in [0.15, 0.2) is 13.2 Å². The summed E-state index contributed by atoms with van der Waals surface area (Å²) < 4.78 is 13.8. The molecular formula is C12H15NO5. The van der Waals surface area contributed by atoms with Crippen molar-refractivity contribution in [1.29, 1.82) is 0 Å². The second kappa shape index (κ2) is 9.86. The van der Waals surface area contributed by atoms with Gasteiger partial charge in [0.2, 0.25) is 0 Å². The minimum absolute atomic E-state index is 0.0366. The van der Waals surface area contributed by atoms with Gasteiger partial charge in [-0.2, -0.15) is 0 Å². The van der Waals surface area contributed by atoms with Crippen molar-refractivity contribution in [3.8, 4) is 24.7 Å². The predicted octanol–water partition coefficient (Wildman–Crippen LogP) is 0.911. The Balaban J connectivity index is 3.90. The first kappa shape index (κ1) is 15.7. The monoisotopic (exact) mass is 253 g/mol. The average molecular weight is 253 g/mol. The topological polar surface area (TPSA) is 73.9 Å². The number of hydrogen-bond donors (Lipinski definition) is 1. The molecule has 0 aromatic rings. The molecule has 0 aromatic carbocycles. The minimum atomic E-state index is -0.884. The zero-order valence-electron chi connectivity index (χ0n) is 10.1. The summed E-state index contributed by atoms with van der Waals surface area (Å²) in [5, 5.41) is 2.48. The number of terminal acetylenes is 2. The van der Waals surface area contributed by atoms with Crippen molar-refractivity contribution < 1.29 is 23.8 Å². The normalized spacial score (nSPS) is 10.4. The van der Waals surface area contributed by atoms with E-state index in [1.807, 2.05) is 6.92 Å². The number of alkyl carbamates (subject to hydrolysis) is 1. The minimum Gasteiger partial charge on any atom is -0.436 e. The van der Waals surface area contributed by atoms with Crippen LogP contribution in [0.4, 0.5) is 9.59 Å². The first-order valence-electron chi connectivity index (χ1n) is 5.23. The second-order valence-electron chi connectivity index (χ2n) is 3.08. The summed E-state index contributed by atoms with van der Waals surface area (Å²) in [6, 6.07) is -0.381. The fraction of sp³-hybridized carbons (Fsp3) is 0.500. The maximum absolute atomic E-state index is 11.2. The van der Waals surface area contributed by atoms with Gasteiger partial charge in [-0.1, -0.05) is 18.8 Å². The summed E-state index contributed by atoms with van der Waals surface area (Å²) in [4.78, 5) is 22.1. The third-order valence-corrected chi connectivity index (χ3v) is 1.78. The van der Waals surface area contributed by atoms with Crippen molar-refractivity contribution in [3.63, 3.8) is 0 Å². The quantitative estimate of drug-likeness (QED) is 0.562. The lowest BCUT2D eigenvalue weighted by molar-refractivity contribution is 0.0557. The van der Waals surface area contributed by atoms with Gasteiger partial charge in [0, 0.05) is 0 Å². The molecule has 18 heavy (non-hydrogen) atoms. The van der Waals surface area contributed by atoms with Crippen LogP contribution in [-0.2, 0) is 14.2 Å². The summed E-state index contributed by atoms with van der Waals surface area (Å²) in [6.07, 6.45) is 8.83. The summed E-state index contributed by atoms with van der Waals surface area (Å²) in [5.41, 5.74) is 0. The van der Waals surface area contributed by atoms with E-state index >= 15 is 0 Å². The molecule has 0 aromatic heterocycles. The lowest BCUT2D eigenvalue weighted by Gasteiger charge is -2.15. The Morgan fingerprint density at radius 2 is 1.78 bits per heavy atom. The fourth-order valence-electron chi connectivity index (χ4n) is 0.888. The summed E-state index contributed by atoms with van der Waals surface area (Å²) in [7, 11) is 0. The van der Waals surface area contributed by atoms with E-state index in [2.05, 4.69) is 26.6 Å². The van der Waals surface area contributed by atoms with Crippen LogP contribution in [0.5, 0.6) is 0 Å². The number of hydrogen-bond acceptors (Lipinski definition) is 5. The van der Waals surface area contributed by atoms with Gasteiger partial charge in [-0.25, -0.2) is 9.59 Å². The molecular weight excluding hydrogens is 238 g/mol. The van der Waals surface area contributed by atoms with Crippen LogP contribution < -0.4 is 5.32 Å². The molecule has 0 saturated carbocycles. The third-order valence-electron chi connectivity index (χ3n) is 1.78. The predicted molar refractivity (Wildman–Crippen MR) is 63.5 cm³/mol. The largest absolute Gasteiger partial charge is 0.509 e. The Labute approximate surface area is 106 Å². The number of amides is 1. The van der Waals surface area contributed by atoms with Crippen LogP contribution in [-0.4, -0.2) is 38.1 Å². The number of carbonyl (C=O) groups is 2. The highest BCUT2D eigenvalue weighted by Crippen LogP contribution is 1.95. The first-order chi connectivity index (χ1) is 8.63. The highest BCUT2D eigenvalue weighted by molar-refractivity contribution is 5.67. The molecule has 0 radical (unpaired) electrons. The van der Waals surface area contributed by atoms with Crippen molar-refractivity contribution in [1.82, 2.24) is 5.32 Å². The van der Waals surface area contributed by atoms with E-state index in [9.17, 15) is 9.59 Å². The molecule has 1 atom stereocenters. The van der Waals surface area contributed by atoms with Crippen LogP contribution >= 0.6 is 0 Å². The third kappa shape index (κ3) is 7.89. The molecule has 1 amide bonds. The molecule has 1 N–H and O–H groups in total. The number of ether oxygens (including phenoxy) is 3. The Morgan fingerprint density at radius 1 is 1.17 bits per heavy atom. The van der Waals surface area contributed by atoms with E-state index in [1.54, 1.807) is 0 Å². The van der Waals surface area contributed by atoms with Gasteiger partial charge >= 0.3 is 12.2 Å². The van der Waals surface area contributed by atoms with Crippen LogP contribution in [0.1, 0.15) is 13.3 Å². The first-order valence-corrected chi connectivity index (χ1v) is 5.23. The molecule has 0 bridgehead atoms. The Hall–Kier alpha value is -2.34. The average Bonchev–Trinajstić information content (AvgIpc) is 2.38. The lowest BCUT2D eigenvalue weighted by atomic mass is 10.2. The molecule has 6 heteroatoms. The van der Waals surface area contributed by atoms with Crippen LogP contribution in [0.25, 0.3) is 0 Å². The Bertz CT molecular complexity index is 352. The molecule has 0 rings (SSSR count). The number of nitrogens with one attached hydrogen (secondary N) is 1. The summed E-state index contributed by atoms with van der Waals surface area (Å²) in [5.74, 6) is 4.28. The van der Waals surface area contributed by atoms with E-state index in [-0.39, 0.29) is 25.9 Å². The summed E-state index contributed by atoms with van der Waals surface area (Å²) in [6.45, 7) is 1.49. The highest BCUT2D eigenvalue weighted by atomic mass is 16.7. The maximum atomic E-state index is 11.2. The number of rotatable bonds is 6. The van der Waals surface area contributed by atoms with Crippen LogP contribution in [0, 0.1) is 24.7 Å². The Kier molecular flexibility index (Phi) is 8.57. The standard InChI is InChI=1S/C12H15NO5/c1-4-7-16-11(14)13-10(6-3)9-18-12(15)17-8-5-2/h1-2,10H,6-9H2,3H3,(H,13,14). The van der Waals surface area contributed by atoms with E-state index in [4.69, 9.17) is 17.6 Å². The molecule has 6 nitrogen and oxygen atoms in total. The van der Waals surface area contributed by atoms with Crippen molar-refractivity contribution in [3.05, 3.63) is 0 Å². The van der Waals surface area contributed by atoms with E-state index in [1.165, 1.54) is 0 Å². The molecule has 0 aliphatic carbocycles. The van der Waals surface area contributed by atoms with Gasteiger partial charge in [-0.3, -0.25) is 0 Å². The lowest BCUT2D eigenvalue weighted by Crippen LogP contribution is -2.38. The van der Waals surface area contributed by atoms with Gasteiger partial charge in [-0.15, -0.1) is 12.8 Å². The van der Waals surface area contributed by atoms with E-state index in [0.717, 1.165) is 0 Å². The van der Waals surface area contributed by atoms with Gasteiger partial charge in [0.25, 0.3) is 0 Å². The zero-order valence-corrected chi connectivity index (χ0v) is 10.1. The molecule has 1 unspecified atom stereocenters. The molecule has 0 aliphatic heterocycles. The molecule has 0 saturated heterocycles. The SMILES string of the molecule is C#CCOC(=O)NC(CC)COC(=O)OCC#C. The Morgan fingerprint density at radius 3 is 2.33 bits per heavy atom. The molecule has 0 fully saturated rings. The molecule has 0 heterocycles. The smallest absolute Gasteiger partial charge is 0.436 e. The molecule has 0 aliphatic rings. The molecule has 0 spiro atoms. The van der Waals surface area contributed by atoms with Gasteiger partial charge in [0.05, 0.1) is 6.04 Å². The van der Waals surface area contributed by atoms with E-state index in [0.29, 0.717) is 6.42 Å². The van der Waals surface area contributed by atoms with E-state index < -0.39 is 12.2 Å². The van der Waals surface area contributed by atoms with Crippen LogP contribution in [0.3, 0.4) is 0 Å². The maximum Gasteiger partial charge on any atom is 0.509 e. The van der Waals surface area contributed by atoms with Crippen LogP contribution in [0.15, 0.2) is 0 Å². The second-order valence-corrected chi connectivity index (χ2v) is 3.08. The van der Waals surface area contributed by atoms with Crippen LogP contribution in [0.2, 0.25) is 0 Å². The fourth-order valence-corrected chi connectivity index (χ4v) is 0.888.